The Morgan fingerprint density at radius 1 is 1.07 bits per heavy atom. The second-order valence-electron chi connectivity index (χ2n) is 3.05. The third-order valence-corrected chi connectivity index (χ3v) is 2.43. The monoisotopic (exact) mass is 202 g/mol. The van der Waals surface area contributed by atoms with Crippen molar-refractivity contribution < 1.29 is 0 Å². The maximum absolute atomic E-state index is 5.06. The Morgan fingerprint density at radius 3 is 2.43 bits per heavy atom. The first-order valence-corrected chi connectivity index (χ1v) is 4.78. The number of aryl methyl sites for hydroxylation is 1. The second kappa shape index (κ2) is 3.72. The largest absolute Gasteiger partial charge is 0.257 e. The van der Waals surface area contributed by atoms with Gasteiger partial charge in [-0.1, -0.05) is 42.5 Å². The van der Waals surface area contributed by atoms with Crippen molar-refractivity contribution in [3.8, 4) is 11.3 Å². The molecule has 0 aliphatic heterocycles. The molecule has 0 aliphatic rings. The van der Waals surface area contributed by atoms with Gasteiger partial charge in [0.15, 0.2) is 0 Å². The predicted octanol–water partition coefficient (Wildman–Crippen LogP) is 2.82. The maximum atomic E-state index is 5.06. The topological polar surface area (TPSA) is 17.8 Å². The number of nitrogens with zero attached hydrogens (tertiary/aromatic N) is 2. The van der Waals surface area contributed by atoms with Crippen molar-refractivity contribution >= 4 is 12.2 Å². The third kappa shape index (κ3) is 1.72. The van der Waals surface area contributed by atoms with E-state index in [0.29, 0.717) is 0 Å². The van der Waals surface area contributed by atoms with Crippen LogP contribution in [0.5, 0.6) is 0 Å². The molecule has 1 aromatic carbocycles. The van der Waals surface area contributed by atoms with Crippen LogP contribution in [0, 0.1) is 4.64 Å². The normalized spacial score (nSPS) is 10.1. The fourth-order valence-corrected chi connectivity index (χ4v) is 1.37. The smallest absolute Gasteiger partial charge is 0.122 e. The molecule has 0 saturated heterocycles. The van der Waals surface area contributed by atoms with Gasteiger partial charge in [-0.3, -0.25) is 4.68 Å². The molecular formula is C11H10N2S. The molecule has 0 spiro atoms. The molecule has 0 bridgehead atoms. The summed E-state index contributed by atoms with van der Waals surface area (Å²) in [6.45, 7) is 0. The van der Waals surface area contributed by atoms with Gasteiger partial charge in [0.05, 0.1) is 5.69 Å². The first kappa shape index (κ1) is 9.09. The highest BCUT2D eigenvalue weighted by molar-refractivity contribution is 7.71. The summed E-state index contributed by atoms with van der Waals surface area (Å²) in [6.07, 6.45) is 0. The van der Waals surface area contributed by atoms with E-state index < -0.39 is 0 Å². The molecule has 0 fully saturated rings. The molecule has 0 radical (unpaired) electrons. The van der Waals surface area contributed by atoms with E-state index in [2.05, 4.69) is 5.10 Å². The maximum Gasteiger partial charge on any atom is 0.122 e. The number of hydrogen-bond acceptors (Lipinski definition) is 2. The van der Waals surface area contributed by atoms with E-state index in [1.807, 2.05) is 49.5 Å². The average Bonchev–Trinajstić information content (AvgIpc) is 2.23. The summed E-state index contributed by atoms with van der Waals surface area (Å²) < 4.78 is 2.45. The lowest BCUT2D eigenvalue weighted by atomic mass is 10.1. The summed E-state index contributed by atoms with van der Waals surface area (Å²) in [7, 11) is 1.86. The van der Waals surface area contributed by atoms with Crippen LogP contribution in [0.15, 0.2) is 42.5 Å². The third-order valence-electron chi connectivity index (χ3n) is 2.03. The van der Waals surface area contributed by atoms with Crippen LogP contribution in [0.4, 0.5) is 0 Å². The van der Waals surface area contributed by atoms with Crippen LogP contribution in [0.3, 0.4) is 0 Å². The molecule has 2 aromatic rings. The van der Waals surface area contributed by atoms with Crippen LogP contribution < -0.4 is 0 Å². The van der Waals surface area contributed by atoms with Gasteiger partial charge >= 0.3 is 0 Å². The Bertz CT molecular complexity index is 488. The van der Waals surface area contributed by atoms with Crippen molar-refractivity contribution in [3.05, 3.63) is 47.1 Å². The minimum absolute atomic E-state index is 0.740. The fourth-order valence-electron chi connectivity index (χ4n) is 1.27. The highest BCUT2D eigenvalue weighted by atomic mass is 32.1. The van der Waals surface area contributed by atoms with Crippen LogP contribution in [-0.2, 0) is 7.05 Å². The van der Waals surface area contributed by atoms with E-state index in [9.17, 15) is 0 Å². The zero-order valence-electron chi connectivity index (χ0n) is 7.84. The minimum Gasteiger partial charge on any atom is -0.257 e. The summed E-state index contributed by atoms with van der Waals surface area (Å²) in [5.41, 5.74) is 2.06. The molecular weight excluding hydrogens is 192 g/mol. The van der Waals surface area contributed by atoms with Gasteiger partial charge in [-0.2, -0.15) is 5.10 Å². The second-order valence-corrected chi connectivity index (χ2v) is 3.46. The molecule has 70 valence electrons. The first-order chi connectivity index (χ1) is 6.77. The van der Waals surface area contributed by atoms with E-state index in [4.69, 9.17) is 12.2 Å². The van der Waals surface area contributed by atoms with Gasteiger partial charge in [-0.25, -0.2) is 0 Å². The van der Waals surface area contributed by atoms with Gasteiger partial charge in [-0.05, 0) is 12.1 Å². The highest BCUT2D eigenvalue weighted by Gasteiger charge is 1.97. The molecule has 1 heterocycles. The molecule has 0 N–H and O–H groups in total. The lowest BCUT2D eigenvalue weighted by Gasteiger charge is -2.02. The molecule has 0 aliphatic carbocycles. The first-order valence-electron chi connectivity index (χ1n) is 4.37. The van der Waals surface area contributed by atoms with Crippen molar-refractivity contribution in [2.45, 2.75) is 0 Å². The van der Waals surface area contributed by atoms with Gasteiger partial charge in [0.25, 0.3) is 0 Å². The molecule has 0 atom stereocenters. The number of aromatic nitrogens is 2. The summed E-state index contributed by atoms with van der Waals surface area (Å²) in [6, 6.07) is 13.9. The molecule has 3 heteroatoms. The molecule has 0 unspecified atom stereocenters. The van der Waals surface area contributed by atoms with Gasteiger partial charge < -0.3 is 0 Å². The fraction of sp³-hybridized carbons (Fsp3) is 0.0909. The molecule has 2 rings (SSSR count). The van der Waals surface area contributed by atoms with E-state index in [1.54, 1.807) is 4.68 Å². The molecule has 0 amide bonds. The van der Waals surface area contributed by atoms with Gasteiger partial charge in [0, 0.05) is 12.6 Å². The average molecular weight is 202 g/mol. The van der Waals surface area contributed by atoms with Crippen molar-refractivity contribution in [1.29, 1.82) is 0 Å². The Morgan fingerprint density at radius 2 is 1.79 bits per heavy atom. The van der Waals surface area contributed by atoms with E-state index in [0.717, 1.165) is 15.9 Å². The van der Waals surface area contributed by atoms with Gasteiger partial charge in [0.2, 0.25) is 0 Å². The Hall–Kier alpha value is -1.48. The van der Waals surface area contributed by atoms with Crippen molar-refractivity contribution in [1.82, 2.24) is 9.78 Å². The zero-order valence-corrected chi connectivity index (χ0v) is 8.66. The quantitative estimate of drug-likeness (QED) is 0.662. The zero-order chi connectivity index (χ0) is 9.97. The number of hydrogen-bond donors (Lipinski definition) is 0. The summed E-state index contributed by atoms with van der Waals surface area (Å²) in [5.74, 6) is 0. The molecule has 14 heavy (non-hydrogen) atoms. The molecule has 0 saturated carbocycles. The van der Waals surface area contributed by atoms with Crippen molar-refractivity contribution in [2.24, 2.45) is 7.05 Å². The number of benzene rings is 1. The van der Waals surface area contributed by atoms with E-state index >= 15 is 0 Å². The Kier molecular flexibility index (Phi) is 2.41. The van der Waals surface area contributed by atoms with Gasteiger partial charge in [0.1, 0.15) is 4.64 Å². The lowest BCUT2D eigenvalue weighted by Crippen LogP contribution is -1.99. The highest BCUT2D eigenvalue weighted by Crippen LogP contribution is 2.14. The van der Waals surface area contributed by atoms with Crippen LogP contribution in [0.2, 0.25) is 0 Å². The van der Waals surface area contributed by atoms with Gasteiger partial charge in [-0.15, -0.1) is 0 Å². The Balaban J connectivity index is 2.54. The summed E-state index contributed by atoms with van der Waals surface area (Å²) >= 11 is 5.06. The SMILES string of the molecule is Cn1nc(-c2ccccc2)ccc1=S. The van der Waals surface area contributed by atoms with E-state index in [-0.39, 0.29) is 0 Å². The van der Waals surface area contributed by atoms with Crippen molar-refractivity contribution in [2.75, 3.05) is 0 Å². The molecule has 1 aromatic heterocycles. The number of rotatable bonds is 1. The Labute approximate surface area is 87.8 Å². The summed E-state index contributed by atoms with van der Waals surface area (Å²) in [5, 5.41) is 4.36. The standard InChI is InChI=1S/C11H10N2S/c1-13-11(14)8-7-10(12-13)9-5-3-2-4-6-9/h2-8H,1H3. The van der Waals surface area contributed by atoms with E-state index in [1.165, 1.54) is 0 Å². The summed E-state index contributed by atoms with van der Waals surface area (Å²) in [4.78, 5) is 0. The predicted molar refractivity (Wildman–Crippen MR) is 59.5 cm³/mol. The van der Waals surface area contributed by atoms with Crippen LogP contribution in [-0.4, -0.2) is 9.78 Å². The van der Waals surface area contributed by atoms with Crippen molar-refractivity contribution in [3.63, 3.8) is 0 Å². The lowest BCUT2D eigenvalue weighted by molar-refractivity contribution is 0.731. The van der Waals surface area contributed by atoms with Crippen LogP contribution in [0.25, 0.3) is 11.3 Å². The minimum atomic E-state index is 0.740. The van der Waals surface area contributed by atoms with Crippen LogP contribution >= 0.6 is 12.2 Å². The van der Waals surface area contributed by atoms with Crippen LogP contribution in [0.1, 0.15) is 0 Å². The molecule has 2 nitrogen and oxygen atoms in total.